The first kappa shape index (κ1) is 30.4. The summed E-state index contributed by atoms with van der Waals surface area (Å²) in [6, 6.07) is 57.7. The third-order valence-electron chi connectivity index (χ3n) is 10.6. The molecule has 1 aromatic heterocycles. The predicted molar refractivity (Wildman–Crippen MR) is 216 cm³/mol. The van der Waals surface area contributed by atoms with Crippen LogP contribution in [0.15, 0.2) is 169 Å². The molecule has 0 unspecified atom stereocenters. The SMILES string of the molecule is CN/C(=C(\N=C(/N)c1cccc2c1sc1ccccc12)c1ccccc1)c1ccc2c(c1)-c1ccccc1C21c2ccccc2Oc2ccccc21. The van der Waals surface area contributed by atoms with E-state index in [1.54, 1.807) is 11.3 Å². The van der Waals surface area contributed by atoms with Crippen LogP contribution in [-0.4, -0.2) is 12.9 Å². The summed E-state index contributed by atoms with van der Waals surface area (Å²) in [7, 11) is 1.96. The summed E-state index contributed by atoms with van der Waals surface area (Å²) in [6.07, 6.45) is 0. The molecule has 3 N–H and O–H groups in total. The minimum absolute atomic E-state index is 0.477. The standard InChI is InChI=1S/C47H33N3OS/c1-49-43(44(29-14-3-2-4-15-29)50-46(48)34-19-13-18-33-32-17-6-12-25-42(32)52-45(33)34)30-26-27-37-35(28-30)31-16-5-7-20-36(31)47(37)38-21-8-10-23-40(38)51-41-24-11-9-22-39(41)47/h2-28,49H,1H3,(H2,48,50)/b44-43-. The van der Waals surface area contributed by atoms with Gasteiger partial charge in [0.15, 0.2) is 0 Å². The molecule has 0 fully saturated rings. The number of ether oxygens (including phenoxy) is 1. The summed E-state index contributed by atoms with van der Waals surface area (Å²) in [5.74, 6) is 2.24. The molecular weight excluding hydrogens is 655 g/mol. The van der Waals surface area contributed by atoms with Gasteiger partial charge in [-0.25, -0.2) is 4.99 Å². The number of rotatable bonds is 5. The van der Waals surface area contributed by atoms with Crippen molar-refractivity contribution in [3.63, 3.8) is 0 Å². The summed E-state index contributed by atoms with van der Waals surface area (Å²) in [4.78, 5) is 5.27. The van der Waals surface area contributed by atoms with Crippen molar-refractivity contribution < 1.29 is 4.74 Å². The molecule has 5 heteroatoms. The first-order valence-electron chi connectivity index (χ1n) is 17.5. The van der Waals surface area contributed by atoms with Crippen molar-refractivity contribution in [2.24, 2.45) is 10.7 Å². The Labute approximate surface area is 306 Å². The van der Waals surface area contributed by atoms with E-state index in [0.717, 1.165) is 55.4 Å². The van der Waals surface area contributed by atoms with Crippen LogP contribution < -0.4 is 15.8 Å². The van der Waals surface area contributed by atoms with Gasteiger partial charge in [-0.2, -0.15) is 0 Å². The second kappa shape index (κ2) is 11.8. The number of nitrogens with zero attached hydrogens (tertiary/aromatic N) is 1. The molecule has 2 aliphatic rings. The van der Waals surface area contributed by atoms with Crippen molar-refractivity contribution in [1.82, 2.24) is 5.32 Å². The molecule has 0 amide bonds. The van der Waals surface area contributed by atoms with Crippen LogP contribution in [0, 0.1) is 0 Å². The molecule has 0 saturated carbocycles. The van der Waals surface area contributed by atoms with Gasteiger partial charge in [-0.3, -0.25) is 0 Å². The largest absolute Gasteiger partial charge is 0.457 e. The maximum atomic E-state index is 7.01. The van der Waals surface area contributed by atoms with E-state index in [0.29, 0.717) is 5.84 Å². The Morgan fingerprint density at radius 2 is 1.23 bits per heavy atom. The Hall–Kier alpha value is -6.43. The lowest BCUT2D eigenvalue weighted by atomic mass is 9.66. The van der Waals surface area contributed by atoms with Gasteiger partial charge in [0.2, 0.25) is 0 Å². The van der Waals surface area contributed by atoms with Gasteiger partial charge < -0.3 is 15.8 Å². The number of amidine groups is 1. The van der Waals surface area contributed by atoms with Gasteiger partial charge in [0, 0.05) is 55.0 Å². The lowest BCUT2D eigenvalue weighted by Crippen LogP contribution is -2.32. The second-order valence-electron chi connectivity index (χ2n) is 13.3. The zero-order valence-electron chi connectivity index (χ0n) is 28.4. The number of nitrogens with one attached hydrogen (secondary N) is 1. The van der Waals surface area contributed by atoms with E-state index in [9.17, 15) is 0 Å². The Bertz CT molecular complexity index is 2730. The third kappa shape index (κ3) is 4.36. The molecule has 7 aromatic carbocycles. The first-order valence-corrected chi connectivity index (χ1v) is 18.3. The Balaban J connectivity index is 1.20. The highest BCUT2D eigenvalue weighted by Gasteiger charge is 2.51. The van der Waals surface area contributed by atoms with Crippen molar-refractivity contribution in [2.45, 2.75) is 5.41 Å². The summed E-state index contributed by atoms with van der Waals surface area (Å²) < 4.78 is 8.90. The number of aliphatic imine (C=N–C) groups is 1. The van der Waals surface area contributed by atoms with Gasteiger partial charge in [-0.15, -0.1) is 11.3 Å². The topological polar surface area (TPSA) is 59.6 Å². The number of thiophene rings is 1. The Kier molecular flexibility index (Phi) is 6.92. The van der Waals surface area contributed by atoms with Crippen molar-refractivity contribution in [3.05, 3.63) is 203 Å². The van der Waals surface area contributed by atoms with Gasteiger partial charge in [0.1, 0.15) is 17.3 Å². The molecule has 52 heavy (non-hydrogen) atoms. The van der Waals surface area contributed by atoms with E-state index in [1.807, 2.05) is 37.4 Å². The summed E-state index contributed by atoms with van der Waals surface area (Å²) in [5.41, 5.74) is 18.3. The van der Waals surface area contributed by atoms with E-state index >= 15 is 0 Å². The second-order valence-corrected chi connectivity index (χ2v) is 14.3. The smallest absolute Gasteiger partial charge is 0.132 e. The van der Waals surface area contributed by atoms with Gasteiger partial charge in [-0.1, -0.05) is 133 Å². The van der Waals surface area contributed by atoms with Crippen LogP contribution in [0.2, 0.25) is 0 Å². The minimum atomic E-state index is -0.521. The van der Waals surface area contributed by atoms with Crippen LogP contribution in [0.25, 0.3) is 42.7 Å². The van der Waals surface area contributed by atoms with Crippen molar-refractivity contribution in [2.75, 3.05) is 7.05 Å². The van der Waals surface area contributed by atoms with Crippen LogP contribution in [-0.2, 0) is 5.41 Å². The summed E-state index contributed by atoms with van der Waals surface area (Å²) in [6.45, 7) is 0. The molecule has 0 bridgehead atoms. The molecule has 10 rings (SSSR count). The zero-order valence-corrected chi connectivity index (χ0v) is 29.2. The van der Waals surface area contributed by atoms with Crippen LogP contribution in [0.5, 0.6) is 11.5 Å². The molecule has 8 aromatic rings. The lowest BCUT2D eigenvalue weighted by molar-refractivity contribution is 0.436. The monoisotopic (exact) mass is 687 g/mol. The van der Waals surface area contributed by atoms with E-state index in [4.69, 9.17) is 15.5 Å². The predicted octanol–water partition coefficient (Wildman–Crippen LogP) is 11.0. The van der Waals surface area contributed by atoms with Gasteiger partial charge in [0.05, 0.1) is 16.8 Å². The summed E-state index contributed by atoms with van der Waals surface area (Å²) in [5, 5.41) is 5.98. The Morgan fingerprint density at radius 3 is 2.00 bits per heavy atom. The fourth-order valence-electron chi connectivity index (χ4n) is 8.40. The molecule has 0 atom stereocenters. The fourth-order valence-corrected chi connectivity index (χ4v) is 9.63. The maximum Gasteiger partial charge on any atom is 0.132 e. The van der Waals surface area contributed by atoms with Gasteiger partial charge in [-0.05, 0) is 52.6 Å². The number of hydrogen-bond donors (Lipinski definition) is 2. The summed E-state index contributed by atoms with van der Waals surface area (Å²) >= 11 is 1.76. The zero-order chi connectivity index (χ0) is 34.8. The van der Waals surface area contributed by atoms with Crippen molar-refractivity contribution in [3.8, 4) is 22.6 Å². The molecule has 1 aliphatic heterocycles. The number of hydrogen-bond acceptors (Lipinski definition) is 4. The average Bonchev–Trinajstić information content (AvgIpc) is 3.72. The highest BCUT2D eigenvalue weighted by Crippen LogP contribution is 2.62. The molecule has 0 saturated heterocycles. The quantitative estimate of drug-likeness (QED) is 0.108. The molecule has 1 spiro atoms. The highest BCUT2D eigenvalue weighted by molar-refractivity contribution is 7.26. The van der Waals surface area contributed by atoms with Crippen molar-refractivity contribution >= 4 is 48.7 Å². The molecular formula is C47H33N3OS. The van der Waals surface area contributed by atoms with E-state index < -0.39 is 5.41 Å². The molecule has 248 valence electrons. The van der Waals surface area contributed by atoms with Crippen molar-refractivity contribution in [1.29, 1.82) is 0 Å². The van der Waals surface area contributed by atoms with Gasteiger partial charge in [0.25, 0.3) is 0 Å². The van der Waals surface area contributed by atoms with E-state index in [-0.39, 0.29) is 0 Å². The third-order valence-corrected chi connectivity index (χ3v) is 11.8. The molecule has 1 aliphatic carbocycles. The lowest BCUT2D eigenvalue weighted by Gasteiger charge is -2.39. The van der Waals surface area contributed by atoms with Crippen LogP contribution in [0.4, 0.5) is 0 Å². The minimum Gasteiger partial charge on any atom is -0.457 e. The number of nitrogens with two attached hydrogens (primary N) is 1. The molecule has 4 nitrogen and oxygen atoms in total. The number of fused-ring (bicyclic) bond motifs is 12. The van der Waals surface area contributed by atoms with E-state index in [2.05, 4.69) is 139 Å². The normalized spacial score (nSPS) is 14.3. The molecule has 2 heterocycles. The Morgan fingerprint density at radius 1 is 0.596 bits per heavy atom. The van der Waals surface area contributed by atoms with Crippen LogP contribution in [0.1, 0.15) is 38.9 Å². The number of para-hydroxylation sites is 2. The first-order chi connectivity index (χ1) is 25.7. The average molecular weight is 688 g/mol. The van der Waals surface area contributed by atoms with Gasteiger partial charge >= 0.3 is 0 Å². The number of benzene rings is 7. The van der Waals surface area contributed by atoms with E-state index in [1.165, 1.54) is 37.7 Å². The molecule has 0 radical (unpaired) electrons. The highest BCUT2D eigenvalue weighted by atomic mass is 32.1. The fraction of sp³-hybridized carbons (Fsp3) is 0.0426. The van der Waals surface area contributed by atoms with Crippen LogP contribution >= 0.6 is 11.3 Å². The van der Waals surface area contributed by atoms with Crippen LogP contribution in [0.3, 0.4) is 0 Å². The maximum absolute atomic E-state index is 7.01.